The summed E-state index contributed by atoms with van der Waals surface area (Å²) in [5.41, 5.74) is -0.701. The molecule has 0 aliphatic heterocycles. The maximum Gasteiger partial charge on any atom is 0.416 e. The highest BCUT2D eigenvalue weighted by Gasteiger charge is 2.29. The van der Waals surface area contributed by atoms with Crippen molar-refractivity contribution in [3.05, 3.63) is 29.8 Å². The van der Waals surface area contributed by atoms with Gasteiger partial charge in [0.15, 0.2) is 0 Å². The molecule has 0 bridgehead atoms. The Labute approximate surface area is 105 Å². The first-order valence-electron chi connectivity index (χ1n) is 4.67. The first-order chi connectivity index (χ1) is 8.32. The molecule has 0 radical (unpaired) electrons. The Balaban J connectivity index is 2.64. The Morgan fingerprint density at radius 3 is 2.17 bits per heavy atom. The Morgan fingerprint density at radius 2 is 1.72 bits per heavy atom. The van der Waals surface area contributed by atoms with E-state index in [1.54, 1.807) is 0 Å². The van der Waals surface area contributed by atoms with Gasteiger partial charge in [0, 0.05) is 5.69 Å². The van der Waals surface area contributed by atoms with Crippen molar-refractivity contribution in [1.29, 1.82) is 0 Å². The van der Waals surface area contributed by atoms with Crippen molar-refractivity contribution in [1.82, 2.24) is 5.32 Å². The van der Waals surface area contributed by atoms with E-state index in [2.05, 4.69) is 5.32 Å². The first-order valence-corrected chi connectivity index (χ1v) is 5.20. The second-order valence-electron chi connectivity index (χ2n) is 3.21. The molecule has 1 rings (SSSR count). The van der Waals surface area contributed by atoms with Crippen LogP contribution in [0.4, 0.5) is 23.7 Å². The van der Waals surface area contributed by atoms with Crippen molar-refractivity contribution in [3.8, 4) is 0 Å². The number of rotatable bonds is 2. The standard InChI is InChI=1S/C10H8ClF3N2O2/c11-5-8(17)16-9(18)15-7-3-1-6(2-4-7)10(12,13)14/h1-4H,5H2,(H2,15,16,17,18). The van der Waals surface area contributed by atoms with Crippen LogP contribution < -0.4 is 10.6 Å². The number of nitrogens with one attached hydrogen (secondary N) is 2. The second-order valence-corrected chi connectivity index (χ2v) is 3.48. The van der Waals surface area contributed by atoms with Gasteiger partial charge in [-0.2, -0.15) is 13.2 Å². The van der Waals surface area contributed by atoms with Gasteiger partial charge in [-0.1, -0.05) is 0 Å². The molecule has 0 heterocycles. The normalized spacial score (nSPS) is 10.9. The Hall–Kier alpha value is -1.76. The van der Waals surface area contributed by atoms with Gasteiger partial charge in [-0.25, -0.2) is 4.79 Å². The first kappa shape index (κ1) is 14.3. The van der Waals surface area contributed by atoms with Gasteiger partial charge in [0.25, 0.3) is 0 Å². The van der Waals surface area contributed by atoms with Crippen LogP contribution in [-0.4, -0.2) is 17.8 Å². The highest BCUT2D eigenvalue weighted by atomic mass is 35.5. The summed E-state index contributed by atoms with van der Waals surface area (Å²) in [7, 11) is 0. The topological polar surface area (TPSA) is 58.2 Å². The van der Waals surface area contributed by atoms with Crippen molar-refractivity contribution in [2.24, 2.45) is 0 Å². The van der Waals surface area contributed by atoms with Crippen molar-refractivity contribution in [2.45, 2.75) is 6.18 Å². The minimum atomic E-state index is -4.44. The lowest BCUT2D eigenvalue weighted by Crippen LogP contribution is -2.35. The third-order valence-electron chi connectivity index (χ3n) is 1.84. The molecule has 0 aromatic heterocycles. The van der Waals surface area contributed by atoms with E-state index in [0.29, 0.717) is 0 Å². The number of carbonyl (C=O) groups is 2. The zero-order chi connectivity index (χ0) is 13.8. The van der Waals surface area contributed by atoms with E-state index in [4.69, 9.17) is 11.6 Å². The van der Waals surface area contributed by atoms with Crippen molar-refractivity contribution < 1.29 is 22.8 Å². The number of amides is 3. The van der Waals surface area contributed by atoms with Crippen LogP contribution >= 0.6 is 11.6 Å². The van der Waals surface area contributed by atoms with Crippen LogP contribution in [0.2, 0.25) is 0 Å². The zero-order valence-corrected chi connectivity index (χ0v) is 9.60. The lowest BCUT2D eigenvalue weighted by molar-refractivity contribution is -0.137. The van der Waals surface area contributed by atoms with E-state index >= 15 is 0 Å². The van der Waals surface area contributed by atoms with Gasteiger partial charge < -0.3 is 5.32 Å². The van der Waals surface area contributed by atoms with Gasteiger partial charge in [-0.05, 0) is 24.3 Å². The maximum atomic E-state index is 12.2. The largest absolute Gasteiger partial charge is 0.416 e. The van der Waals surface area contributed by atoms with Crippen molar-refractivity contribution in [2.75, 3.05) is 11.2 Å². The lowest BCUT2D eigenvalue weighted by atomic mass is 10.2. The molecule has 0 atom stereocenters. The van der Waals surface area contributed by atoms with Crippen molar-refractivity contribution >= 4 is 29.2 Å². The fourth-order valence-corrected chi connectivity index (χ4v) is 1.13. The Kier molecular flexibility index (Phi) is 4.55. The Bertz CT molecular complexity index is 445. The number of imide groups is 1. The van der Waals surface area contributed by atoms with Crippen LogP contribution in [0.25, 0.3) is 0 Å². The van der Waals surface area contributed by atoms with Crippen LogP contribution in [0.15, 0.2) is 24.3 Å². The van der Waals surface area contributed by atoms with Gasteiger partial charge in [0.05, 0.1) is 5.56 Å². The van der Waals surface area contributed by atoms with Crippen LogP contribution in [-0.2, 0) is 11.0 Å². The molecule has 1 aromatic rings. The smallest absolute Gasteiger partial charge is 0.308 e. The second kappa shape index (κ2) is 5.72. The highest BCUT2D eigenvalue weighted by molar-refractivity contribution is 6.28. The summed E-state index contributed by atoms with van der Waals surface area (Å²) in [4.78, 5) is 21.9. The summed E-state index contributed by atoms with van der Waals surface area (Å²) in [6.45, 7) is 0. The van der Waals surface area contributed by atoms with E-state index in [9.17, 15) is 22.8 Å². The van der Waals surface area contributed by atoms with E-state index in [-0.39, 0.29) is 11.6 Å². The van der Waals surface area contributed by atoms with Gasteiger partial charge in [0.1, 0.15) is 5.88 Å². The maximum absolute atomic E-state index is 12.2. The predicted octanol–water partition coefficient (Wildman–Crippen LogP) is 2.59. The summed E-state index contributed by atoms with van der Waals surface area (Å²) in [5, 5.41) is 4.07. The summed E-state index contributed by atoms with van der Waals surface area (Å²) >= 11 is 5.15. The van der Waals surface area contributed by atoms with E-state index in [1.165, 1.54) is 0 Å². The third-order valence-corrected chi connectivity index (χ3v) is 2.09. The summed E-state index contributed by atoms with van der Waals surface area (Å²) in [6, 6.07) is 2.93. The molecule has 4 nitrogen and oxygen atoms in total. The van der Waals surface area contributed by atoms with E-state index < -0.39 is 23.7 Å². The molecule has 0 spiro atoms. The highest BCUT2D eigenvalue weighted by Crippen LogP contribution is 2.29. The molecule has 2 N–H and O–H groups in total. The monoisotopic (exact) mass is 280 g/mol. The average molecular weight is 281 g/mol. The third kappa shape index (κ3) is 4.25. The number of benzene rings is 1. The van der Waals surface area contributed by atoms with Gasteiger partial charge in [0.2, 0.25) is 5.91 Å². The molecular weight excluding hydrogens is 273 g/mol. The number of halogens is 4. The molecule has 8 heteroatoms. The minimum Gasteiger partial charge on any atom is -0.308 e. The fraction of sp³-hybridized carbons (Fsp3) is 0.200. The van der Waals surface area contributed by atoms with E-state index in [0.717, 1.165) is 24.3 Å². The number of carbonyl (C=O) groups excluding carboxylic acids is 2. The zero-order valence-electron chi connectivity index (χ0n) is 8.84. The molecule has 0 fully saturated rings. The van der Waals surface area contributed by atoms with E-state index in [1.807, 2.05) is 5.32 Å². The lowest BCUT2D eigenvalue weighted by Gasteiger charge is -2.08. The fourth-order valence-electron chi connectivity index (χ4n) is 1.06. The number of urea groups is 1. The van der Waals surface area contributed by atoms with Gasteiger partial charge in [-0.15, -0.1) is 11.6 Å². The van der Waals surface area contributed by atoms with Crippen LogP contribution in [0.5, 0.6) is 0 Å². The molecule has 18 heavy (non-hydrogen) atoms. The predicted molar refractivity (Wildman–Crippen MR) is 59.3 cm³/mol. The molecule has 0 aliphatic carbocycles. The molecule has 0 unspecified atom stereocenters. The summed E-state index contributed by atoms with van der Waals surface area (Å²) in [6.07, 6.45) is -4.44. The molecule has 0 saturated heterocycles. The summed E-state index contributed by atoms with van der Waals surface area (Å²) < 4.78 is 36.7. The van der Waals surface area contributed by atoms with Gasteiger partial charge in [-0.3, -0.25) is 10.1 Å². The number of hydrogen-bond acceptors (Lipinski definition) is 2. The van der Waals surface area contributed by atoms with Crippen LogP contribution in [0.3, 0.4) is 0 Å². The van der Waals surface area contributed by atoms with Crippen LogP contribution in [0, 0.1) is 0 Å². The summed E-state index contributed by atoms with van der Waals surface area (Å²) in [5.74, 6) is -1.10. The van der Waals surface area contributed by atoms with Crippen LogP contribution in [0.1, 0.15) is 5.56 Å². The molecule has 0 saturated carbocycles. The molecule has 3 amide bonds. The quantitative estimate of drug-likeness (QED) is 0.818. The Morgan fingerprint density at radius 1 is 1.17 bits per heavy atom. The number of alkyl halides is 4. The molecule has 1 aromatic carbocycles. The number of anilines is 1. The molecule has 98 valence electrons. The molecular formula is C10H8ClF3N2O2. The SMILES string of the molecule is O=C(CCl)NC(=O)Nc1ccc(C(F)(F)F)cc1. The molecule has 0 aliphatic rings. The average Bonchev–Trinajstić information content (AvgIpc) is 2.28. The van der Waals surface area contributed by atoms with Crippen molar-refractivity contribution in [3.63, 3.8) is 0 Å². The number of hydrogen-bond donors (Lipinski definition) is 2. The van der Waals surface area contributed by atoms with Gasteiger partial charge >= 0.3 is 12.2 Å². The minimum absolute atomic E-state index is 0.128.